The average Bonchev–Trinajstić information content (AvgIpc) is 2.97. The average molecular weight is 659 g/mol. The molecule has 3 heteroatoms. The third kappa shape index (κ3) is 11.6. The van der Waals surface area contributed by atoms with Gasteiger partial charge in [0, 0.05) is 21.4 Å². The van der Waals surface area contributed by atoms with Crippen LogP contribution in [0.5, 0.6) is 5.75 Å². The fourth-order valence-corrected chi connectivity index (χ4v) is 6.30. The van der Waals surface area contributed by atoms with Gasteiger partial charge in [0.25, 0.3) is 0 Å². The highest BCUT2D eigenvalue weighted by Crippen LogP contribution is 2.39. The van der Waals surface area contributed by atoms with Crippen molar-refractivity contribution >= 4 is 59.5 Å². The SMILES string of the molecule is BrCCCCCCCCCC/C=C\c1c2ccccc2c(OCCCCCCCCCCBr)c2ccccc12. The van der Waals surface area contributed by atoms with Crippen LogP contribution in [-0.2, 0) is 0 Å². The molecular weight excluding hydrogens is 608 g/mol. The Morgan fingerprint density at radius 1 is 0.487 bits per heavy atom. The first-order valence-electron chi connectivity index (χ1n) is 15.7. The van der Waals surface area contributed by atoms with E-state index in [4.69, 9.17) is 4.74 Å². The highest BCUT2D eigenvalue weighted by Gasteiger charge is 2.13. The fourth-order valence-electron chi connectivity index (χ4n) is 5.51. The molecule has 3 rings (SSSR count). The van der Waals surface area contributed by atoms with Crippen molar-refractivity contribution in [2.75, 3.05) is 17.3 Å². The van der Waals surface area contributed by atoms with Crippen LogP contribution in [0.15, 0.2) is 54.6 Å². The predicted octanol–water partition coefficient (Wildman–Crippen LogP) is 12.8. The van der Waals surface area contributed by atoms with E-state index >= 15 is 0 Å². The van der Waals surface area contributed by atoms with Gasteiger partial charge in [-0.3, -0.25) is 0 Å². The lowest BCUT2D eigenvalue weighted by Crippen LogP contribution is -2.00. The standard InChI is InChI=1S/C36H50Br2O/c37-28-20-12-8-4-2-1-3-7-11-15-23-31-32-24-16-18-26-34(32)36(35-27-19-17-25-33(31)35)39-30-22-14-10-6-5-9-13-21-29-38/h15-19,23-27H,1-14,20-22,28-30H2/b23-15-. The van der Waals surface area contributed by atoms with Gasteiger partial charge in [-0.25, -0.2) is 0 Å². The molecule has 3 aromatic rings. The zero-order valence-electron chi connectivity index (χ0n) is 24.1. The van der Waals surface area contributed by atoms with Crippen LogP contribution in [0.4, 0.5) is 0 Å². The summed E-state index contributed by atoms with van der Waals surface area (Å²) in [6.07, 6.45) is 27.3. The summed E-state index contributed by atoms with van der Waals surface area (Å²) in [5.74, 6) is 1.06. The highest BCUT2D eigenvalue weighted by molar-refractivity contribution is 9.09. The molecule has 214 valence electrons. The zero-order chi connectivity index (χ0) is 27.4. The third-order valence-corrected chi connectivity index (χ3v) is 8.86. The van der Waals surface area contributed by atoms with E-state index in [9.17, 15) is 0 Å². The molecule has 0 saturated carbocycles. The van der Waals surface area contributed by atoms with E-state index in [0.717, 1.165) is 35.9 Å². The maximum absolute atomic E-state index is 6.53. The summed E-state index contributed by atoms with van der Waals surface area (Å²) in [7, 11) is 0. The van der Waals surface area contributed by atoms with Crippen LogP contribution < -0.4 is 4.74 Å². The van der Waals surface area contributed by atoms with Gasteiger partial charge < -0.3 is 4.74 Å². The molecule has 0 aromatic heterocycles. The molecule has 0 aliphatic carbocycles. The van der Waals surface area contributed by atoms with E-state index in [1.807, 2.05) is 0 Å². The Balaban J connectivity index is 1.54. The second-order valence-corrected chi connectivity index (χ2v) is 12.5. The Hall–Kier alpha value is -1.32. The largest absolute Gasteiger partial charge is 0.492 e. The summed E-state index contributed by atoms with van der Waals surface area (Å²) in [5, 5.41) is 7.37. The summed E-state index contributed by atoms with van der Waals surface area (Å²) in [6, 6.07) is 17.6. The second kappa shape index (κ2) is 20.5. The number of hydrogen-bond donors (Lipinski definition) is 0. The van der Waals surface area contributed by atoms with Crippen molar-refractivity contribution in [3.63, 3.8) is 0 Å². The number of halogens is 2. The molecule has 0 atom stereocenters. The molecule has 0 spiro atoms. The Bertz CT molecular complexity index is 1030. The van der Waals surface area contributed by atoms with Crippen molar-refractivity contribution in [2.45, 2.75) is 109 Å². The smallest absolute Gasteiger partial charge is 0.134 e. The molecule has 0 fully saturated rings. The van der Waals surface area contributed by atoms with E-state index in [1.54, 1.807) is 0 Å². The van der Waals surface area contributed by atoms with Gasteiger partial charge in [-0.05, 0) is 48.4 Å². The summed E-state index contributed by atoms with van der Waals surface area (Å²) in [4.78, 5) is 0. The zero-order valence-corrected chi connectivity index (χ0v) is 27.3. The Morgan fingerprint density at radius 2 is 0.897 bits per heavy atom. The fraction of sp³-hybridized carbons (Fsp3) is 0.556. The van der Waals surface area contributed by atoms with Gasteiger partial charge in [0.05, 0.1) is 6.61 Å². The molecular formula is C36H50Br2O. The quantitative estimate of drug-likeness (QED) is 0.0593. The van der Waals surface area contributed by atoms with Crippen LogP contribution in [0.3, 0.4) is 0 Å². The van der Waals surface area contributed by atoms with Crippen molar-refractivity contribution in [3.05, 3.63) is 60.2 Å². The highest BCUT2D eigenvalue weighted by atomic mass is 79.9. The first-order valence-corrected chi connectivity index (χ1v) is 18.0. The minimum atomic E-state index is 0.795. The lowest BCUT2D eigenvalue weighted by Gasteiger charge is -2.16. The predicted molar refractivity (Wildman–Crippen MR) is 182 cm³/mol. The maximum atomic E-state index is 6.53. The first kappa shape index (κ1) is 32.2. The number of benzene rings is 3. The summed E-state index contributed by atoms with van der Waals surface area (Å²) >= 11 is 7.05. The number of hydrogen-bond acceptors (Lipinski definition) is 1. The normalized spacial score (nSPS) is 11.7. The van der Waals surface area contributed by atoms with Gasteiger partial charge in [-0.2, -0.15) is 0 Å². The monoisotopic (exact) mass is 656 g/mol. The third-order valence-electron chi connectivity index (χ3n) is 7.74. The molecule has 0 aliphatic heterocycles. The molecule has 0 aliphatic rings. The van der Waals surface area contributed by atoms with Gasteiger partial charge in [-0.15, -0.1) is 0 Å². The lowest BCUT2D eigenvalue weighted by molar-refractivity contribution is 0.311. The minimum absolute atomic E-state index is 0.795. The molecule has 39 heavy (non-hydrogen) atoms. The van der Waals surface area contributed by atoms with Crippen molar-refractivity contribution in [1.82, 2.24) is 0 Å². The van der Waals surface area contributed by atoms with Crippen molar-refractivity contribution < 1.29 is 4.74 Å². The second-order valence-electron chi connectivity index (χ2n) is 10.9. The van der Waals surface area contributed by atoms with Crippen LogP contribution in [0.1, 0.15) is 115 Å². The van der Waals surface area contributed by atoms with E-state index in [-0.39, 0.29) is 0 Å². The molecule has 0 N–H and O–H groups in total. The van der Waals surface area contributed by atoms with Gasteiger partial charge in [-0.1, -0.05) is 170 Å². The number of alkyl halides is 2. The van der Waals surface area contributed by atoms with E-state index < -0.39 is 0 Å². The van der Waals surface area contributed by atoms with Crippen LogP contribution in [-0.4, -0.2) is 17.3 Å². The van der Waals surface area contributed by atoms with Gasteiger partial charge in [0.1, 0.15) is 5.75 Å². The van der Waals surface area contributed by atoms with Crippen LogP contribution in [0, 0.1) is 0 Å². The minimum Gasteiger partial charge on any atom is -0.492 e. The molecule has 0 radical (unpaired) electrons. The van der Waals surface area contributed by atoms with E-state index in [2.05, 4.69) is 92.5 Å². The maximum Gasteiger partial charge on any atom is 0.134 e. The molecule has 0 bridgehead atoms. The molecule has 0 amide bonds. The number of allylic oxidation sites excluding steroid dienone is 1. The van der Waals surface area contributed by atoms with Crippen molar-refractivity contribution in [2.24, 2.45) is 0 Å². The Kier molecular flexibility index (Phi) is 17.0. The number of unbranched alkanes of at least 4 members (excludes halogenated alkanes) is 15. The first-order chi connectivity index (χ1) is 19.4. The summed E-state index contributed by atoms with van der Waals surface area (Å²) < 4.78 is 6.53. The van der Waals surface area contributed by atoms with Crippen LogP contribution >= 0.6 is 31.9 Å². The number of fused-ring (bicyclic) bond motifs is 2. The Labute approximate surface area is 255 Å². The molecule has 0 unspecified atom stereocenters. The molecule has 0 heterocycles. The van der Waals surface area contributed by atoms with Gasteiger partial charge >= 0.3 is 0 Å². The number of rotatable bonds is 22. The summed E-state index contributed by atoms with van der Waals surface area (Å²) in [6.45, 7) is 0.795. The topological polar surface area (TPSA) is 9.23 Å². The molecule has 0 saturated heterocycles. The van der Waals surface area contributed by atoms with E-state index in [0.29, 0.717) is 0 Å². The molecule has 3 aromatic carbocycles. The van der Waals surface area contributed by atoms with E-state index in [1.165, 1.54) is 123 Å². The number of ether oxygens (including phenoxy) is 1. The Morgan fingerprint density at radius 3 is 1.38 bits per heavy atom. The van der Waals surface area contributed by atoms with Gasteiger partial charge in [0.2, 0.25) is 0 Å². The molecule has 1 nitrogen and oxygen atoms in total. The van der Waals surface area contributed by atoms with Crippen molar-refractivity contribution in [3.8, 4) is 5.75 Å². The lowest BCUT2D eigenvalue weighted by atomic mass is 9.95. The van der Waals surface area contributed by atoms with Crippen LogP contribution in [0.2, 0.25) is 0 Å². The summed E-state index contributed by atoms with van der Waals surface area (Å²) in [5.41, 5.74) is 1.33. The van der Waals surface area contributed by atoms with Crippen LogP contribution in [0.25, 0.3) is 27.6 Å². The van der Waals surface area contributed by atoms with Gasteiger partial charge in [0.15, 0.2) is 0 Å². The van der Waals surface area contributed by atoms with Crippen molar-refractivity contribution in [1.29, 1.82) is 0 Å².